The van der Waals surface area contributed by atoms with E-state index in [2.05, 4.69) is 73.1 Å². The number of fused-ring (bicyclic) bond motifs is 4. The molecule has 22 N–H and O–H groups in total. The number of aromatic hydroxyl groups is 1. The molecule has 1 saturated carbocycles. The number of thioether (sulfide) groups is 1. The summed E-state index contributed by atoms with van der Waals surface area (Å²) in [5.74, 6) is -18.4. The normalized spacial score (nSPS) is 25.4. The van der Waals surface area contributed by atoms with Crippen LogP contribution in [0.5, 0.6) is 5.75 Å². The Labute approximate surface area is 776 Å². The fraction of sp³-hybridized carbons (Fsp3) is 0.522. The molecule has 15 atom stereocenters. The summed E-state index contributed by atoms with van der Waals surface area (Å²) in [6, 6.07) is -2.58. The van der Waals surface area contributed by atoms with Crippen molar-refractivity contribution >= 4 is 140 Å². The molecule has 4 fully saturated rings. The van der Waals surface area contributed by atoms with Gasteiger partial charge in [0.1, 0.15) is 90.3 Å². The molecular formula is C90H122N22O21S. The Bertz CT molecular complexity index is 5240. The smallest absolute Gasteiger partial charge is 0.246 e. The van der Waals surface area contributed by atoms with Gasteiger partial charge in [-0.1, -0.05) is 101 Å². The van der Waals surface area contributed by atoms with E-state index in [1.807, 2.05) is 13.8 Å². The second kappa shape index (κ2) is 48.2. The summed E-state index contributed by atoms with van der Waals surface area (Å²) in [4.78, 5) is 281. The lowest BCUT2D eigenvalue weighted by Gasteiger charge is -2.36. The summed E-state index contributed by atoms with van der Waals surface area (Å²) in [5.41, 5.74) is 19.7. The fourth-order valence-corrected chi connectivity index (χ4v) is 17.6. The molecule has 3 aromatic heterocycles. The minimum atomic E-state index is -1.91. The number of carbonyl (C=O) groups excluding carboxylic acids is 18. The number of rotatable bonds is 25. The average molecular weight is 1880 g/mol. The van der Waals surface area contributed by atoms with E-state index < -0.39 is 254 Å². The quantitative estimate of drug-likeness (QED) is 0.0269. The summed E-state index contributed by atoms with van der Waals surface area (Å²) in [7, 11) is 3.94. The minimum absolute atomic E-state index is 0.0105. The Morgan fingerprint density at radius 2 is 1.06 bits per heavy atom. The molecule has 10 rings (SSSR count). The van der Waals surface area contributed by atoms with E-state index in [0.29, 0.717) is 77.0 Å². The van der Waals surface area contributed by atoms with Crippen LogP contribution < -0.4 is 70.4 Å². The van der Waals surface area contributed by atoms with Gasteiger partial charge in [-0.3, -0.25) is 86.3 Å². The number of nitrogens with one attached hydrogen (secondary N) is 13. The average Bonchev–Trinajstić information content (AvgIpc) is 1.58. The molecule has 0 unspecified atom stereocenters. The number of benzene rings is 3. The molecule has 4 aliphatic rings. The first-order valence-corrected chi connectivity index (χ1v) is 46.1. The standard InChI is InChI=1S/C90H122N22O21S/c1-7-9-20-69-83(126)101-61(32-49-23-24-49)79(122)107-68(78(121)97-42-75(93)118)45-134-46-76(119)99-64(33-50-25-27-54(114)28-26-50)86(129)108(4)48(3)77(120)104-66(38-74(92)117)89(132)111-31-15-22-70(111)84(127)103-63(36-53-41-94-47-98-53)81(124)100-60(29-30-73(91)116)88(131)112-43-55(115)37-72(112)85(128)102-62(34-51-39-95-58-18-13-11-16-56(51)58)80(123)106-67(44-113)82(125)105-65(35-52-40-96-59-19-14-12-17-57(52)59)87(130)110(6)71(21-10-8-2)90(133)109(69)5/h11-14,16-19,25-28,39-41,47-49,55,60-72,95-96,113-115H,7-10,15,20-24,29-38,42-46H2,1-6H3,(H2,91,116)(H2,92,117)(H2,93,118)(H,94,98)(H,97,121)(H,99,119)(H,100,124)(H,101,126)(H,102,128)(H,103,127)(H,104,120)(H,105,125)(H,106,123)(H,107,122)/t48-,55+,60-,61-,62-,63-,64-,65-,66-,67-,68-,69-,70-,71-,72-/m0/s1. The number of phenols is 1. The lowest BCUT2D eigenvalue weighted by atomic mass is 10.00. The third-order valence-corrected chi connectivity index (χ3v) is 25.6. The highest BCUT2D eigenvalue weighted by molar-refractivity contribution is 8.00. The van der Waals surface area contributed by atoms with Crippen molar-refractivity contribution in [1.82, 2.24) is 97.6 Å². The van der Waals surface area contributed by atoms with E-state index in [1.165, 1.54) is 69.8 Å². The van der Waals surface area contributed by atoms with Gasteiger partial charge in [0, 0.05) is 125 Å². The molecule has 724 valence electrons. The first-order chi connectivity index (χ1) is 63.9. The van der Waals surface area contributed by atoms with Gasteiger partial charge in [-0.25, -0.2) is 4.98 Å². The number of primary amides is 3. The van der Waals surface area contributed by atoms with Crippen molar-refractivity contribution in [3.8, 4) is 5.75 Å². The van der Waals surface area contributed by atoms with Crippen molar-refractivity contribution in [1.29, 1.82) is 0 Å². The van der Waals surface area contributed by atoms with Gasteiger partial charge in [-0.15, -0.1) is 11.8 Å². The second-order valence-electron chi connectivity index (χ2n) is 34.5. The number of nitrogens with zero attached hydrogens (tertiary/aromatic N) is 6. The topological polar surface area (TPSA) is 643 Å². The molecule has 3 aliphatic heterocycles. The molecule has 3 aromatic carbocycles. The highest BCUT2D eigenvalue weighted by atomic mass is 32.2. The molecule has 6 heterocycles. The lowest BCUT2D eigenvalue weighted by Crippen LogP contribution is -2.62. The molecule has 6 aromatic rings. The van der Waals surface area contributed by atoms with Gasteiger partial charge < -0.3 is 125 Å². The van der Waals surface area contributed by atoms with Crippen molar-refractivity contribution in [3.05, 3.63) is 120 Å². The first-order valence-electron chi connectivity index (χ1n) is 44.9. The highest BCUT2D eigenvalue weighted by Crippen LogP contribution is 2.34. The van der Waals surface area contributed by atoms with Crippen LogP contribution in [0.3, 0.4) is 0 Å². The maximum Gasteiger partial charge on any atom is 0.246 e. The molecule has 0 bridgehead atoms. The van der Waals surface area contributed by atoms with Crippen LogP contribution in [0, 0.1) is 5.92 Å². The molecule has 0 spiro atoms. The number of aliphatic hydroxyl groups is 2. The first kappa shape index (κ1) is 103. The molecule has 134 heavy (non-hydrogen) atoms. The van der Waals surface area contributed by atoms with Gasteiger partial charge in [-0.2, -0.15) is 0 Å². The Kier molecular flexibility index (Phi) is 36.9. The summed E-state index contributed by atoms with van der Waals surface area (Å²) < 4.78 is 0. The predicted octanol–water partition coefficient (Wildman–Crippen LogP) is -3.17. The van der Waals surface area contributed by atoms with E-state index in [1.54, 1.807) is 60.9 Å². The number of imidazole rings is 1. The van der Waals surface area contributed by atoms with E-state index in [9.17, 15) is 63.3 Å². The van der Waals surface area contributed by atoms with Gasteiger partial charge in [0.05, 0.1) is 37.8 Å². The number of carbonyl (C=O) groups is 18. The number of para-hydroxylation sites is 2. The Morgan fingerprint density at radius 1 is 0.522 bits per heavy atom. The summed E-state index contributed by atoms with van der Waals surface area (Å²) in [5, 5.41) is 60.4. The number of phenolic OH excluding ortho intramolecular Hbond substituents is 1. The number of hydrogen-bond donors (Lipinski definition) is 19. The third kappa shape index (κ3) is 27.8. The van der Waals surface area contributed by atoms with Crippen molar-refractivity contribution in [2.45, 2.75) is 233 Å². The van der Waals surface area contributed by atoms with Crippen LogP contribution in [0.2, 0.25) is 0 Å². The molecule has 1 aliphatic carbocycles. The van der Waals surface area contributed by atoms with Crippen molar-refractivity contribution < 1.29 is 102 Å². The van der Waals surface area contributed by atoms with Gasteiger partial charge in [0.2, 0.25) is 106 Å². The van der Waals surface area contributed by atoms with Gasteiger partial charge in [0.25, 0.3) is 0 Å². The van der Waals surface area contributed by atoms with Crippen LogP contribution in [-0.2, 0) is 112 Å². The van der Waals surface area contributed by atoms with Crippen molar-refractivity contribution in [2.75, 3.05) is 58.9 Å². The maximum atomic E-state index is 15.7. The second-order valence-corrected chi connectivity index (χ2v) is 35.6. The number of amides is 18. The molecule has 0 radical (unpaired) electrons. The van der Waals surface area contributed by atoms with Crippen LogP contribution in [0.25, 0.3) is 21.8 Å². The fourth-order valence-electron chi connectivity index (χ4n) is 16.8. The number of aromatic nitrogens is 4. The number of H-pyrrole nitrogens is 3. The largest absolute Gasteiger partial charge is 0.508 e. The van der Waals surface area contributed by atoms with Crippen LogP contribution >= 0.6 is 11.8 Å². The van der Waals surface area contributed by atoms with Crippen LogP contribution in [0.15, 0.2) is 97.7 Å². The Balaban J connectivity index is 1.01. The minimum Gasteiger partial charge on any atom is -0.508 e. The number of aromatic amines is 3. The number of aliphatic hydroxyl groups excluding tert-OH is 2. The number of likely N-dealkylation sites (N-methyl/N-ethyl adjacent to an activating group) is 3. The van der Waals surface area contributed by atoms with E-state index >= 15 is 38.4 Å². The van der Waals surface area contributed by atoms with Gasteiger partial charge >= 0.3 is 0 Å². The number of nitrogens with two attached hydrogens (primary N) is 3. The van der Waals surface area contributed by atoms with Crippen LogP contribution in [0.4, 0.5) is 0 Å². The monoisotopic (exact) mass is 1880 g/mol. The Morgan fingerprint density at radius 3 is 1.66 bits per heavy atom. The zero-order valence-corrected chi connectivity index (χ0v) is 76.5. The number of unbranched alkanes of at least 4 members (excludes halogenated alkanes) is 2. The SMILES string of the molecule is CCCC[C@H]1C(=O)N(C)[C@@H](CCCC)C(=O)N[C@@H](CC2CC2)C(=O)N[C@H](C(=O)NCC(N)=O)CSCC(=O)N[C@@H](Cc2ccc(O)cc2)C(=O)N(C)[C@@H](C)C(=O)N[C@@H](CC(N)=O)C(=O)N2CCC[C@H]2C(=O)N[C@@H](Cc2cnc[nH]2)C(=O)N[C@@H](CCC(N)=O)C(=O)N2C[C@H](O)C[C@H]2C(=O)N[C@@H](Cc2c[nH]c3ccccc23)C(=O)N[C@@H](CO)C(=O)N[C@@H](Cc2c[nH]c3ccccc23)C(=O)N1C. The lowest BCUT2D eigenvalue weighted by molar-refractivity contribution is -0.149. The van der Waals surface area contributed by atoms with Crippen LogP contribution in [0.1, 0.15) is 139 Å². The third-order valence-electron chi connectivity index (χ3n) is 24.6. The van der Waals surface area contributed by atoms with Gasteiger partial charge in [-0.05, 0) is 92.3 Å². The molecule has 18 amide bonds. The van der Waals surface area contributed by atoms with E-state index in [4.69, 9.17) is 17.2 Å². The molecule has 43 nitrogen and oxygen atoms in total. The van der Waals surface area contributed by atoms with Gasteiger partial charge in [0.15, 0.2) is 0 Å². The molecule has 3 saturated heterocycles. The molecular weight excluding hydrogens is 1760 g/mol. The molecule has 44 heteroatoms. The summed E-state index contributed by atoms with van der Waals surface area (Å²) >= 11 is 0.797. The van der Waals surface area contributed by atoms with E-state index in [-0.39, 0.29) is 81.7 Å². The van der Waals surface area contributed by atoms with Crippen molar-refractivity contribution in [2.24, 2.45) is 23.1 Å². The maximum absolute atomic E-state index is 15.7. The van der Waals surface area contributed by atoms with Crippen molar-refractivity contribution in [3.63, 3.8) is 0 Å². The van der Waals surface area contributed by atoms with E-state index in [0.717, 1.165) is 31.4 Å². The Hall–Kier alpha value is -13.5. The predicted molar refractivity (Wildman–Crippen MR) is 487 cm³/mol. The summed E-state index contributed by atoms with van der Waals surface area (Å²) in [6.45, 7) is 2.44. The number of hydrogen-bond acceptors (Lipinski definition) is 23. The summed E-state index contributed by atoms with van der Waals surface area (Å²) in [6.07, 6.45) is 3.91. The zero-order valence-electron chi connectivity index (χ0n) is 75.7. The zero-order chi connectivity index (χ0) is 97.3. The van der Waals surface area contributed by atoms with Crippen LogP contribution in [-0.4, -0.2) is 316 Å². The highest BCUT2D eigenvalue weighted by Gasteiger charge is 2.47.